The third-order valence-corrected chi connectivity index (χ3v) is 3.16. The topological polar surface area (TPSA) is 46.5 Å². The van der Waals surface area contributed by atoms with Gasteiger partial charge in [0.2, 0.25) is 0 Å². The molecule has 0 spiro atoms. The Kier molecular flexibility index (Phi) is 3.18. The van der Waals surface area contributed by atoms with Crippen LogP contribution in [-0.2, 0) is 4.57 Å². The van der Waals surface area contributed by atoms with Gasteiger partial charge in [-0.1, -0.05) is 30.3 Å². The molecule has 2 aromatic carbocycles. The van der Waals surface area contributed by atoms with Crippen molar-refractivity contribution in [3.8, 4) is 11.5 Å². The van der Waals surface area contributed by atoms with Gasteiger partial charge < -0.3 is 5.11 Å². The molecule has 0 aliphatic rings. The lowest BCUT2D eigenvalue weighted by molar-refractivity contribution is 0.475. The summed E-state index contributed by atoms with van der Waals surface area (Å²) in [4.78, 5) is 0. The Morgan fingerprint density at radius 1 is 0.938 bits per heavy atom. The number of rotatable bonds is 3. The summed E-state index contributed by atoms with van der Waals surface area (Å²) in [7, 11) is -2.07. The maximum atomic E-state index is 11.8. The molecule has 0 saturated heterocycles. The number of para-hydroxylation sites is 2. The molecule has 0 aliphatic heterocycles. The Bertz CT molecular complexity index is 497. The molecular weight excluding hydrogens is 223 g/mol. The molecule has 1 N–H and O–H groups in total. The Balaban J connectivity index is 2.19. The predicted molar refractivity (Wildman–Crippen MR) is 62.4 cm³/mol. The molecule has 0 bridgehead atoms. The van der Waals surface area contributed by atoms with E-state index in [-0.39, 0.29) is 5.75 Å². The molecule has 1 unspecified atom stereocenters. The van der Waals surface area contributed by atoms with E-state index in [9.17, 15) is 9.67 Å². The molecular formula is C12H10O3P+. The third-order valence-electron chi connectivity index (χ3n) is 2.01. The van der Waals surface area contributed by atoms with Gasteiger partial charge in [0.15, 0.2) is 11.5 Å². The van der Waals surface area contributed by atoms with Crippen molar-refractivity contribution >= 4 is 13.3 Å². The summed E-state index contributed by atoms with van der Waals surface area (Å²) in [6, 6.07) is 15.3. The lowest BCUT2D eigenvalue weighted by atomic mass is 10.3. The fourth-order valence-electron chi connectivity index (χ4n) is 1.24. The van der Waals surface area contributed by atoms with E-state index in [2.05, 4.69) is 0 Å². The molecule has 2 aromatic rings. The Morgan fingerprint density at radius 2 is 1.56 bits per heavy atom. The minimum atomic E-state index is -2.07. The fourth-order valence-corrected chi connectivity index (χ4v) is 2.13. The quantitative estimate of drug-likeness (QED) is 0.829. The second-order valence-electron chi connectivity index (χ2n) is 3.15. The van der Waals surface area contributed by atoms with Gasteiger partial charge >= 0.3 is 8.03 Å². The minimum absolute atomic E-state index is 0.0143. The fraction of sp³-hybridized carbons (Fsp3) is 0. The second-order valence-corrected chi connectivity index (χ2v) is 4.33. The van der Waals surface area contributed by atoms with Crippen LogP contribution in [0.5, 0.6) is 11.5 Å². The first-order valence-corrected chi connectivity index (χ1v) is 5.93. The van der Waals surface area contributed by atoms with Crippen LogP contribution in [0.1, 0.15) is 0 Å². The Morgan fingerprint density at radius 3 is 2.25 bits per heavy atom. The number of benzene rings is 2. The van der Waals surface area contributed by atoms with Gasteiger partial charge in [-0.15, -0.1) is 0 Å². The van der Waals surface area contributed by atoms with E-state index >= 15 is 0 Å². The highest BCUT2D eigenvalue weighted by Crippen LogP contribution is 2.29. The predicted octanol–water partition coefficient (Wildman–Crippen LogP) is 2.84. The molecule has 0 radical (unpaired) electrons. The van der Waals surface area contributed by atoms with Crippen molar-refractivity contribution in [1.29, 1.82) is 0 Å². The summed E-state index contributed by atoms with van der Waals surface area (Å²) in [6.07, 6.45) is 0. The average molecular weight is 233 g/mol. The van der Waals surface area contributed by atoms with Crippen molar-refractivity contribution in [2.45, 2.75) is 0 Å². The van der Waals surface area contributed by atoms with Crippen LogP contribution in [0.2, 0.25) is 0 Å². The number of hydrogen-bond acceptors (Lipinski definition) is 3. The van der Waals surface area contributed by atoms with E-state index in [1.165, 1.54) is 6.07 Å². The van der Waals surface area contributed by atoms with Gasteiger partial charge in [0, 0.05) is 0 Å². The molecule has 0 amide bonds. The van der Waals surface area contributed by atoms with Gasteiger partial charge in [0.1, 0.15) is 0 Å². The van der Waals surface area contributed by atoms with E-state index in [0.717, 1.165) is 0 Å². The van der Waals surface area contributed by atoms with Crippen molar-refractivity contribution in [2.24, 2.45) is 0 Å². The maximum Gasteiger partial charge on any atom is 0.601 e. The van der Waals surface area contributed by atoms with Crippen LogP contribution < -0.4 is 9.83 Å². The van der Waals surface area contributed by atoms with E-state index in [4.69, 9.17) is 4.52 Å². The molecule has 0 saturated carbocycles. The van der Waals surface area contributed by atoms with Crippen LogP contribution in [-0.4, -0.2) is 5.11 Å². The third kappa shape index (κ3) is 2.38. The first kappa shape index (κ1) is 10.7. The molecule has 0 aromatic heterocycles. The summed E-state index contributed by atoms with van der Waals surface area (Å²) in [6.45, 7) is 0. The number of phenolic OH excluding ortho intramolecular Hbond substituents is 1. The SMILES string of the molecule is O=[P+](Oc1ccccc1)c1ccccc1O. The highest BCUT2D eigenvalue weighted by molar-refractivity contribution is 7.49. The van der Waals surface area contributed by atoms with E-state index in [0.29, 0.717) is 11.1 Å². The number of hydrogen-bond donors (Lipinski definition) is 1. The van der Waals surface area contributed by atoms with E-state index in [1.54, 1.807) is 42.5 Å². The molecule has 1 atom stereocenters. The van der Waals surface area contributed by atoms with Crippen molar-refractivity contribution in [3.63, 3.8) is 0 Å². The summed E-state index contributed by atoms with van der Waals surface area (Å²) in [5.41, 5.74) is 0. The summed E-state index contributed by atoms with van der Waals surface area (Å²) >= 11 is 0. The van der Waals surface area contributed by atoms with Crippen LogP contribution in [0.4, 0.5) is 0 Å². The average Bonchev–Trinajstić information content (AvgIpc) is 2.31. The zero-order valence-electron chi connectivity index (χ0n) is 8.41. The minimum Gasteiger partial charge on any atom is -0.504 e. The van der Waals surface area contributed by atoms with Gasteiger partial charge in [0.25, 0.3) is 5.30 Å². The largest absolute Gasteiger partial charge is 0.601 e. The highest BCUT2D eigenvalue weighted by Gasteiger charge is 2.27. The monoisotopic (exact) mass is 233 g/mol. The normalized spacial score (nSPS) is 10.9. The lowest BCUT2D eigenvalue weighted by Crippen LogP contribution is -1.99. The Hall–Kier alpha value is -1.86. The van der Waals surface area contributed by atoms with Gasteiger partial charge in [-0.25, -0.2) is 0 Å². The molecule has 16 heavy (non-hydrogen) atoms. The van der Waals surface area contributed by atoms with Gasteiger partial charge in [0.05, 0.1) is 0 Å². The lowest BCUT2D eigenvalue weighted by Gasteiger charge is -1.94. The molecule has 2 rings (SSSR count). The van der Waals surface area contributed by atoms with Crippen molar-refractivity contribution in [1.82, 2.24) is 0 Å². The van der Waals surface area contributed by atoms with Crippen LogP contribution in [0.25, 0.3) is 0 Å². The smallest absolute Gasteiger partial charge is 0.504 e. The molecule has 80 valence electrons. The van der Waals surface area contributed by atoms with E-state index < -0.39 is 8.03 Å². The van der Waals surface area contributed by atoms with Crippen molar-refractivity contribution in [2.75, 3.05) is 0 Å². The molecule has 0 fully saturated rings. The standard InChI is InChI=1S/C12H9O3P/c13-11-8-4-5-9-12(11)16(14)15-10-6-2-1-3-7-10/h1-9H/p+1. The van der Waals surface area contributed by atoms with Crippen LogP contribution in [0.15, 0.2) is 54.6 Å². The highest BCUT2D eigenvalue weighted by atomic mass is 31.1. The summed E-state index contributed by atoms with van der Waals surface area (Å²) in [5, 5.41) is 9.80. The van der Waals surface area contributed by atoms with Gasteiger partial charge in [-0.3, -0.25) is 4.52 Å². The molecule has 0 heterocycles. The second kappa shape index (κ2) is 4.77. The maximum absolute atomic E-state index is 11.8. The number of phenols is 1. The van der Waals surface area contributed by atoms with Crippen molar-refractivity contribution in [3.05, 3.63) is 54.6 Å². The van der Waals surface area contributed by atoms with Crippen LogP contribution in [0.3, 0.4) is 0 Å². The van der Waals surface area contributed by atoms with E-state index in [1.807, 2.05) is 6.07 Å². The van der Waals surface area contributed by atoms with Crippen LogP contribution in [0, 0.1) is 0 Å². The summed E-state index contributed by atoms with van der Waals surface area (Å²) in [5.74, 6) is 0.506. The molecule has 0 aliphatic carbocycles. The van der Waals surface area contributed by atoms with Gasteiger partial charge in [-0.05, 0) is 28.8 Å². The number of aromatic hydroxyl groups is 1. The van der Waals surface area contributed by atoms with Crippen LogP contribution >= 0.6 is 8.03 Å². The zero-order valence-corrected chi connectivity index (χ0v) is 9.30. The first-order valence-electron chi connectivity index (χ1n) is 4.75. The summed E-state index contributed by atoms with van der Waals surface area (Å²) < 4.78 is 17.0. The molecule has 4 heteroatoms. The van der Waals surface area contributed by atoms with Gasteiger partial charge in [-0.2, -0.15) is 0 Å². The molecule has 3 nitrogen and oxygen atoms in total. The Labute approximate surface area is 94.2 Å². The zero-order chi connectivity index (χ0) is 11.4. The van der Waals surface area contributed by atoms with Crippen molar-refractivity contribution < 1.29 is 14.2 Å². The first-order chi connectivity index (χ1) is 7.77.